The summed E-state index contributed by atoms with van der Waals surface area (Å²) in [7, 11) is -3.34. The van der Waals surface area contributed by atoms with Crippen LogP contribution in [0, 0.1) is 0 Å². The van der Waals surface area contributed by atoms with Gasteiger partial charge in [0.15, 0.2) is 0 Å². The molecule has 5 nitrogen and oxygen atoms in total. The Hall–Kier alpha value is -2.18. The summed E-state index contributed by atoms with van der Waals surface area (Å²) in [5.41, 5.74) is 4.62. The molecule has 6 heteroatoms. The molecule has 0 radical (unpaired) electrons. The minimum absolute atomic E-state index is 0.106. The monoisotopic (exact) mass is 398 g/mol. The van der Waals surface area contributed by atoms with Crippen molar-refractivity contribution in [3.05, 3.63) is 59.7 Å². The Morgan fingerprint density at radius 2 is 1.89 bits per heavy atom. The van der Waals surface area contributed by atoms with Crippen LogP contribution in [0.4, 0.5) is 0 Å². The predicted molar refractivity (Wildman–Crippen MR) is 110 cm³/mol. The molecule has 1 N–H and O–H groups in total. The van der Waals surface area contributed by atoms with E-state index >= 15 is 0 Å². The highest BCUT2D eigenvalue weighted by Gasteiger charge is 2.35. The summed E-state index contributed by atoms with van der Waals surface area (Å²) in [6.07, 6.45) is 4.53. The topological polar surface area (TPSA) is 66.5 Å². The normalized spacial score (nSPS) is 22.8. The first-order chi connectivity index (χ1) is 13.4. The quantitative estimate of drug-likeness (QED) is 0.846. The van der Waals surface area contributed by atoms with Crippen molar-refractivity contribution >= 4 is 15.9 Å². The zero-order valence-corrected chi connectivity index (χ0v) is 16.9. The van der Waals surface area contributed by atoms with Gasteiger partial charge in [-0.05, 0) is 47.9 Å². The third kappa shape index (κ3) is 4.13. The lowest BCUT2D eigenvalue weighted by atomic mass is 9.90. The molecular weight excluding hydrogens is 372 g/mol. The second-order valence-electron chi connectivity index (χ2n) is 7.85. The Bertz CT molecular complexity index is 987. The average Bonchev–Trinajstić information content (AvgIpc) is 2.67. The first-order valence-electron chi connectivity index (χ1n) is 9.85. The van der Waals surface area contributed by atoms with Crippen LogP contribution in [0.15, 0.2) is 48.5 Å². The highest BCUT2D eigenvalue weighted by molar-refractivity contribution is 7.88. The van der Waals surface area contributed by atoms with Crippen molar-refractivity contribution in [3.8, 4) is 11.1 Å². The van der Waals surface area contributed by atoms with Crippen LogP contribution in [-0.2, 0) is 27.7 Å². The summed E-state index contributed by atoms with van der Waals surface area (Å²) in [4.78, 5) is 15.0. The summed E-state index contributed by atoms with van der Waals surface area (Å²) in [6.45, 7) is 0.687. The number of hydrogen-bond acceptors (Lipinski definition) is 3. The molecule has 2 aliphatic heterocycles. The molecule has 0 aliphatic carbocycles. The minimum Gasteiger partial charge on any atom is -0.338 e. The van der Waals surface area contributed by atoms with Crippen LogP contribution in [-0.4, -0.2) is 44.1 Å². The maximum Gasteiger partial charge on any atom is 0.223 e. The van der Waals surface area contributed by atoms with E-state index in [0.29, 0.717) is 25.8 Å². The molecular formula is C22H26N2O3S. The van der Waals surface area contributed by atoms with Crippen LogP contribution >= 0.6 is 0 Å². The maximum absolute atomic E-state index is 13.1. The van der Waals surface area contributed by atoms with Gasteiger partial charge in [0.25, 0.3) is 0 Å². The van der Waals surface area contributed by atoms with Crippen molar-refractivity contribution in [2.75, 3.05) is 12.8 Å². The van der Waals surface area contributed by atoms with Crippen molar-refractivity contribution in [3.63, 3.8) is 0 Å². The Balaban J connectivity index is 1.76. The largest absolute Gasteiger partial charge is 0.338 e. The van der Waals surface area contributed by atoms with Gasteiger partial charge in [0.1, 0.15) is 0 Å². The van der Waals surface area contributed by atoms with Crippen molar-refractivity contribution in [1.82, 2.24) is 9.62 Å². The van der Waals surface area contributed by atoms with Gasteiger partial charge in [0, 0.05) is 19.0 Å². The number of nitrogens with one attached hydrogen (secondary N) is 1. The molecule has 0 aromatic heterocycles. The van der Waals surface area contributed by atoms with Crippen molar-refractivity contribution in [1.29, 1.82) is 0 Å². The molecule has 1 saturated heterocycles. The summed E-state index contributed by atoms with van der Waals surface area (Å²) in [5, 5.41) is 0. The number of rotatable bonds is 2. The van der Waals surface area contributed by atoms with E-state index < -0.39 is 10.0 Å². The molecule has 2 bridgehead atoms. The summed E-state index contributed by atoms with van der Waals surface area (Å²) >= 11 is 0. The van der Waals surface area contributed by atoms with E-state index in [0.717, 1.165) is 24.0 Å². The van der Waals surface area contributed by atoms with Crippen LogP contribution in [0.2, 0.25) is 0 Å². The Morgan fingerprint density at radius 1 is 1.07 bits per heavy atom. The number of aryl methyl sites for hydroxylation is 1. The predicted octanol–water partition coefficient (Wildman–Crippen LogP) is 2.75. The number of fused-ring (bicyclic) bond motifs is 5. The zero-order chi connectivity index (χ0) is 19.7. The highest BCUT2D eigenvalue weighted by atomic mass is 32.2. The number of piperidine rings is 1. The van der Waals surface area contributed by atoms with Crippen LogP contribution in [0.1, 0.15) is 30.4 Å². The molecule has 2 aromatic rings. The zero-order valence-electron chi connectivity index (χ0n) is 16.1. The van der Waals surface area contributed by atoms with Crippen molar-refractivity contribution in [2.24, 2.45) is 0 Å². The lowest BCUT2D eigenvalue weighted by Gasteiger charge is -2.41. The second kappa shape index (κ2) is 7.68. The average molecular weight is 399 g/mol. The number of hydrogen-bond donors (Lipinski definition) is 1. The van der Waals surface area contributed by atoms with E-state index in [2.05, 4.69) is 35.1 Å². The number of carbonyl (C=O) groups is 1. The first kappa shape index (κ1) is 19.2. The number of benzene rings is 2. The standard InChI is InChI=1S/C22H26N2O3S/c1-28(26,27)23-20-10-5-13-24-21(20)15-16-6-4-8-18(14-16)19-9-3-2-7-17(19)11-12-22(24)25/h2-4,6-9,14,20-21,23H,5,10-13,15H2,1H3. The Kier molecular flexibility index (Phi) is 5.25. The Labute approximate surface area is 166 Å². The number of sulfonamides is 1. The highest BCUT2D eigenvalue weighted by Crippen LogP contribution is 2.30. The molecule has 1 amide bonds. The summed E-state index contributed by atoms with van der Waals surface area (Å²) in [5.74, 6) is 0.106. The summed E-state index contributed by atoms with van der Waals surface area (Å²) < 4.78 is 26.6. The van der Waals surface area contributed by atoms with Gasteiger partial charge in [0.2, 0.25) is 15.9 Å². The molecule has 0 spiro atoms. The maximum atomic E-state index is 13.1. The smallest absolute Gasteiger partial charge is 0.223 e. The third-order valence-corrected chi connectivity index (χ3v) is 6.50. The number of amides is 1. The van der Waals surface area contributed by atoms with E-state index in [1.54, 1.807) is 0 Å². The van der Waals surface area contributed by atoms with Crippen LogP contribution < -0.4 is 4.72 Å². The molecule has 0 saturated carbocycles. The van der Waals surface area contributed by atoms with E-state index in [1.807, 2.05) is 23.1 Å². The fourth-order valence-corrected chi connectivity index (χ4v) is 5.37. The van der Waals surface area contributed by atoms with E-state index in [4.69, 9.17) is 0 Å². The van der Waals surface area contributed by atoms with Gasteiger partial charge in [-0.3, -0.25) is 4.79 Å². The molecule has 148 valence electrons. The fourth-order valence-electron chi connectivity index (χ4n) is 4.54. The lowest BCUT2D eigenvalue weighted by molar-refractivity contribution is -0.135. The summed E-state index contributed by atoms with van der Waals surface area (Å²) in [6, 6.07) is 16.2. The fraction of sp³-hybridized carbons (Fsp3) is 0.409. The van der Waals surface area contributed by atoms with Gasteiger partial charge < -0.3 is 4.90 Å². The van der Waals surface area contributed by atoms with Gasteiger partial charge in [-0.15, -0.1) is 0 Å². The second-order valence-corrected chi connectivity index (χ2v) is 9.63. The molecule has 4 rings (SSSR count). The van der Waals surface area contributed by atoms with E-state index in [9.17, 15) is 13.2 Å². The molecule has 2 heterocycles. The molecule has 28 heavy (non-hydrogen) atoms. The van der Waals surface area contributed by atoms with Crippen LogP contribution in [0.5, 0.6) is 0 Å². The van der Waals surface area contributed by atoms with Crippen molar-refractivity contribution in [2.45, 2.75) is 44.2 Å². The SMILES string of the molecule is CS(=O)(=O)NC1CCCN2C(=O)CCc3ccccc3-c3cccc(c3)CC12. The lowest BCUT2D eigenvalue weighted by Crippen LogP contribution is -2.57. The van der Waals surface area contributed by atoms with E-state index in [1.165, 1.54) is 17.4 Å². The molecule has 2 unspecified atom stereocenters. The number of nitrogens with zero attached hydrogens (tertiary/aromatic N) is 1. The van der Waals surface area contributed by atoms with Gasteiger partial charge in [-0.25, -0.2) is 13.1 Å². The first-order valence-corrected chi connectivity index (χ1v) is 11.7. The molecule has 1 fully saturated rings. The van der Waals surface area contributed by atoms with Crippen LogP contribution in [0.3, 0.4) is 0 Å². The molecule has 2 atom stereocenters. The van der Waals surface area contributed by atoms with Gasteiger partial charge in [-0.2, -0.15) is 0 Å². The minimum atomic E-state index is -3.34. The van der Waals surface area contributed by atoms with Gasteiger partial charge in [0.05, 0.1) is 12.3 Å². The van der Waals surface area contributed by atoms with E-state index in [-0.39, 0.29) is 18.0 Å². The number of carbonyl (C=O) groups excluding carboxylic acids is 1. The van der Waals surface area contributed by atoms with Gasteiger partial charge in [-0.1, -0.05) is 48.5 Å². The van der Waals surface area contributed by atoms with Crippen LogP contribution in [0.25, 0.3) is 11.1 Å². The third-order valence-electron chi connectivity index (χ3n) is 5.77. The van der Waals surface area contributed by atoms with Crippen molar-refractivity contribution < 1.29 is 13.2 Å². The molecule has 2 aromatic carbocycles. The van der Waals surface area contributed by atoms with Gasteiger partial charge >= 0.3 is 0 Å². The Morgan fingerprint density at radius 3 is 2.71 bits per heavy atom. The molecule has 2 aliphatic rings.